The van der Waals surface area contributed by atoms with Crippen LogP contribution in [0.5, 0.6) is 0 Å². The molecule has 1 atom stereocenters. The number of nitrogens with zero attached hydrogens (tertiary/aromatic N) is 1. The number of halogens is 2. The Labute approximate surface area is 175 Å². The number of rotatable bonds is 3. The molecule has 1 N–H and O–H groups in total. The van der Waals surface area contributed by atoms with E-state index in [0.29, 0.717) is 34.0 Å². The number of anilines is 1. The molecule has 1 aromatic carbocycles. The number of amides is 2. The van der Waals surface area contributed by atoms with Crippen LogP contribution in [0.2, 0.25) is 0 Å². The van der Waals surface area contributed by atoms with Gasteiger partial charge in [0.15, 0.2) is 0 Å². The molecule has 1 heterocycles. The van der Waals surface area contributed by atoms with Crippen molar-refractivity contribution in [2.24, 2.45) is 0 Å². The van der Waals surface area contributed by atoms with Gasteiger partial charge in [-0.2, -0.15) is 0 Å². The summed E-state index contributed by atoms with van der Waals surface area (Å²) < 4.78 is 11.4. The van der Waals surface area contributed by atoms with Gasteiger partial charge in [-0.25, -0.2) is 9.59 Å². The molecule has 0 aliphatic carbocycles. The number of esters is 1. The molecular formula is C18H22Br2N2O5. The van der Waals surface area contributed by atoms with E-state index in [4.69, 9.17) is 9.47 Å². The second-order valence-electron chi connectivity index (χ2n) is 7.12. The van der Waals surface area contributed by atoms with Crippen LogP contribution in [-0.2, 0) is 14.3 Å². The van der Waals surface area contributed by atoms with Crippen LogP contribution in [0.3, 0.4) is 0 Å². The summed E-state index contributed by atoms with van der Waals surface area (Å²) in [5.74, 6) is -0.964. The Bertz CT molecular complexity index is 761. The summed E-state index contributed by atoms with van der Waals surface area (Å²) in [6, 6.07) is 2.61. The van der Waals surface area contributed by atoms with E-state index in [1.807, 2.05) is 0 Å². The molecular weight excluding hydrogens is 484 g/mol. The lowest BCUT2D eigenvalue weighted by Gasteiger charge is -2.28. The maximum absolute atomic E-state index is 12.9. The fraction of sp³-hybridized carbons (Fsp3) is 0.500. The first-order valence-electron chi connectivity index (χ1n) is 8.41. The minimum Gasteiger partial charge on any atom is -0.465 e. The second-order valence-corrected chi connectivity index (χ2v) is 8.89. The van der Waals surface area contributed by atoms with Crippen molar-refractivity contribution in [1.29, 1.82) is 0 Å². The second kappa shape index (κ2) is 8.60. The van der Waals surface area contributed by atoms with E-state index in [9.17, 15) is 14.4 Å². The summed E-state index contributed by atoms with van der Waals surface area (Å²) in [6.07, 6.45) is 0.693. The molecule has 9 heteroatoms. The molecule has 2 rings (SSSR count). The predicted octanol–water partition coefficient (Wildman–Crippen LogP) is 4.34. The molecule has 2 amide bonds. The van der Waals surface area contributed by atoms with Crippen LogP contribution in [0.15, 0.2) is 21.1 Å². The van der Waals surface area contributed by atoms with Gasteiger partial charge < -0.3 is 14.8 Å². The van der Waals surface area contributed by atoms with Gasteiger partial charge in [0.05, 0.1) is 18.4 Å². The molecule has 0 spiro atoms. The van der Waals surface area contributed by atoms with E-state index in [-0.39, 0.29) is 11.5 Å². The fourth-order valence-corrected chi connectivity index (χ4v) is 4.08. The van der Waals surface area contributed by atoms with Gasteiger partial charge in [0, 0.05) is 15.5 Å². The minimum atomic E-state index is -0.666. The molecule has 0 unspecified atom stereocenters. The van der Waals surface area contributed by atoms with Gasteiger partial charge in [0.2, 0.25) is 5.91 Å². The Hall–Kier alpha value is -1.61. The lowest BCUT2D eigenvalue weighted by atomic mass is 10.1. The summed E-state index contributed by atoms with van der Waals surface area (Å²) >= 11 is 6.67. The van der Waals surface area contributed by atoms with Crippen molar-refractivity contribution in [1.82, 2.24) is 4.90 Å². The zero-order chi connectivity index (χ0) is 20.4. The zero-order valence-corrected chi connectivity index (χ0v) is 18.8. The van der Waals surface area contributed by atoms with Gasteiger partial charge in [-0.3, -0.25) is 9.69 Å². The highest BCUT2D eigenvalue weighted by Gasteiger charge is 2.37. The van der Waals surface area contributed by atoms with E-state index in [0.717, 1.165) is 0 Å². The standard InChI is InChI=1S/C18H22Br2N2O5/c1-18(2,3)27-17(25)22-7-5-6-13(22)15(23)21-14-11(16(24)26-4)8-10(19)9-12(14)20/h8-9,13H,5-7H2,1-4H3,(H,21,23)/t13-/m0/s1. The third kappa shape index (κ3) is 5.44. The predicted molar refractivity (Wildman–Crippen MR) is 108 cm³/mol. The Balaban J connectivity index is 2.24. The Morgan fingerprint density at radius 3 is 2.48 bits per heavy atom. The van der Waals surface area contributed by atoms with Crippen LogP contribution in [0.25, 0.3) is 0 Å². The van der Waals surface area contributed by atoms with Crippen molar-refractivity contribution in [3.63, 3.8) is 0 Å². The van der Waals surface area contributed by atoms with E-state index in [1.165, 1.54) is 12.0 Å². The lowest BCUT2D eigenvalue weighted by Crippen LogP contribution is -2.45. The topological polar surface area (TPSA) is 84.9 Å². The summed E-state index contributed by atoms with van der Waals surface area (Å²) in [7, 11) is 1.27. The van der Waals surface area contributed by atoms with Crippen LogP contribution in [-0.4, -0.2) is 48.2 Å². The highest BCUT2D eigenvalue weighted by atomic mass is 79.9. The summed E-state index contributed by atoms with van der Waals surface area (Å²) in [5.41, 5.74) is -0.145. The number of hydrogen-bond acceptors (Lipinski definition) is 5. The van der Waals surface area contributed by atoms with E-state index in [2.05, 4.69) is 37.2 Å². The van der Waals surface area contributed by atoms with Crippen molar-refractivity contribution in [2.75, 3.05) is 19.0 Å². The largest absolute Gasteiger partial charge is 0.465 e. The van der Waals surface area contributed by atoms with Crippen LogP contribution in [0.1, 0.15) is 44.0 Å². The molecule has 148 valence electrons. The van der Waals surface area contributed by atoms with E-state index >= 15 is 0 Å². The van der Waals surface area contributed by atoms with Crippen LogP contribution < -0.4 is 5.32 Å². The Morgan fingerprint density at radius 1 is 1.22 bits per heavy atom. The first-order chi connectivity index (χ1) is 12.5. The normalized spacial score (nSPS) is 16.8. The first kappa shape index (κ1) is 21.7. The van der Waals surface area contributed by atoms with Crippen LogP contribution in [0.4, 0.5) is 10.5 Å². The van der Waals surface area contributed by atoms with Gasteiger partial charge in [-0.15, -0.1) is 0 Å². The third-order valence-corrected chi connectivity index (χ3v) is 4.98. The number of hydrogen-bond donors (Lipinski definition) is 1. The first-order valence-corrected chi connectivity index (χ1v) is 10.00. The molecule has 0 saturated carbocycles. The van der Waals surface area contributed by atoms with Gasteiger partial charge in [-0.1, -0.05) is 15.9 Å². The monoisotopic (exact) mass is 504 g/mol. The van der Waals surface area contributed by atoms with Crippen molar-refractivity contribution in [2.45, 2.75) is 45.3 Å². The average Bonchev–Trinajstić information content (AvgIpc) is 3.04. The molecule has 0 radical (unpaired) electrons. The molecule has 1 fully saturated rings. The molecule has 1 aromatic rings. The van der Waals surface area contributed by atoms with Crippen molar-refractivity contribution >= 4 is 55.5 Å². The molecule has 1 aliphatic rings. The summed E-state index contributed by atoms with van der Waals surface area (Å²) in [4.78, 5) is 38.7. The molecule has 1 aliphatic heterocycles. The quantitative estimate of drug-likeness (QED) is 0.618. The van der Waals surface area contributed by atoms with Gasteiger partial charge in [-0.05, 0) is 61.7 Å². The van der Waals surface area contributed by atoms with Crippen molar-refractivity contribution < 1.29 is 23.9 Å². The van der Waals surface area contributed by atoms with Crippen molar-refractivity contribution in [3.8, 4) is 0 Å². The van der Waals surface area contributed by atoms with Gasteiger partial charge >= 0.3 is 12.1 Å². The van der Waals surface area contributed by atoms with E-state index in [1.54, 1.807) is 32.9 Å². The Morgan fingerprint density at radius 2 is 1.89 bits per heavy atom. The van der Waals surface area contributed by atoms with E-state index < -0.39 is 23.7 Å². The molecule has 0 aromatic heterocycles. The number of nitrogens with one attached hydrogen (secondary N) is 1. The van der Waals surface area contributed by atoms with Gasteiger partial charge in [0.25, 0.3) is 0 Å². The number of benzene rings is 1. The Kier molecular flexibility index (Phi) is 6.91. The van der Waals surface area contributed by atoms with Crippen molar-refractivity contribution in [3.05, 3.63) is 26.6 Å². The lowest BCUT2D eigenvalue weighted by molar-refractivity contribution is -0.120. The van der Waals surface area contributed by atoms with Crippen LogP contribution >= 0.6 is 31.9 Å². The molecule has 7 nitrogen and oxygen atoms in total. The maximum Gasteiger partial charge on any atom is 0.410 e. The highest BCUT2D eigenvalue weighted by Crippen LogP contribution is 2.32. The number of ether oxygens (including phenoxy) is 2. The number of likely N-dealkylation sites (tertiary alicyclic amines) is 1. The number of carbonyl (C=O) groups is 3. The third-order valence-electron chi connectivity index (χ3n) is 3.89. The maximum atomic E-state index is 12.9. The smallest absolute Gasteiger partial charge is 0.410 e. The minimum absolute atomic E-state index is 0.203. The molecule has 27 heavy (non-hydrogen) atoms. The fourth-order valence-electron chi connectivity index (χ4n) is 2.76. The zero-order valence-electron chi connectivity index (χ0n) is 15.6. The summed E-state index contributed by atoms with van der Waals surface area (Å²) in [6.45, 7) is 5.77. The average molecular weight is 506 g/mol. The molecule has 0 bridgehead atoms. The van der Waals surface area contributed by atoms with Gasteiger partial charge in [0.1, 0.15) is 11.6 Å². The summed E-state index contributed by atoms with van der Waals surface area (Å²) in [5, 5.41) is 2.75. The number of methoxy groups -OCH3 is 1. The highest BCUT2D eigenvalue weighted by molar-refractivity contribution is 9.11. The number of carbonyl (C=O) groups excluding carboxylic acids is 3. The SMILES string of the molecule is COC(=O)c1cc(Br)cc(Br)c1NC(=O)[C@@H]1CCCN1C(=O)OC(C)(C)C. The molecule has 1 saturated heterocycles. The van der Waals surface area contributed by atoms with Crippen LogP contribution in [0, 0.1) is 0 Å².